The molecule has 0 spiro atoms. The number of amides is 1. The third-order valence-electron chi connectivity index (χ3n) is 4.72. The maximum atomic E-state index is 14.3. The Morgan fingerprint density at radius 2 is 1.46 bits per heavy atom. The van der Waals surface area contributed by atoms with Crippen molar-refractivity contribution in [3.63, 3.8) is 0 Å². The molecule has 2 aromatic rings. The molecule has 28 heavy (non-hydrogen) atoms. The van der Waals surface area contributed by atoms with Crippen molar-refractivity contribution < 1.29 is 27.2 Å². The van der Waals surface area contributed by atoms with Crippen molar-refractivity contribution in [1.29, 1.82) is 0 Å². The van der Waals surface area contributed by atoms with Crippen LogP contribution in [-0.2, 0) is 6.18 Å². The maximum Gasteiger partial charge on any atom is 0.416 e. The number of alkyl halides is 3. The molecule has 0 aromatic heterocycles. The highest BCUT2D eigenvalue weighted by Gasteiger charge is 2.31. The number of ketones is 1. The number of rotatable bonds is 3. The van der Waals surface area contributed by atoms with Gasteiger partial charge in [0.15, 0.2) is 5.78 Å². The fraction of sp³-hybridized carbons (Fsp3) is 0.300. The first-order valence-corrected chi connectivity index (χ1v) is 8.69. The first-order chi connectivity index (χ1) is 13.2. The van der Waals surface area contributed by atoms with Crippen molar-refractivity contribution >= 4 is 17.4 Å². The Bertz CT molecular complexity index is 886. The van der Waals surface area contributed by atoms with Gasteiger partial charge in [0.05, 0.1) is 11.3 Å². The standard InChI is InChI=1S/C20H18F4N2O2/c1-13(27)15-4-7-18(17(21)12-15)25-8-10-26(11-9-25)19(28)14-2-5-16(6-3-14)20(22,23)24/h2-7,12H,8-11H2,1H3. The molecule has 0 atom stereocenters. The number of hydrogen-bond acceptors (Lipinski definition) is 3. The zero-order chi connectivity index (χ0) is 20.5. The highest BCUT2D eigenvalue weighted by atomic mass is 19.4. The number of carbonyl (C=O) groups is 2. The SMILES string of the molecule is CC(=O)c1ccc(N2CCN(C(=O)c3ccc(C(F)(F)F)cc3)CC2)c(F)c1. The van der Waals surface area contributed by atoms with Gasteiger partial charge in [-0.15, -0.1) is 0 Å². The zero-order valence-corrected chi connectivity index (χ0v) is 15.1. The summed E-state index contributed by atoms with van der Waals surface area (Å²) in [7, 11) is 0. The molecule has 1 saturated heterocycles. The molecule has 1 fully saturated rings. The number of nitrogens with zero attached hydrogens (tertiary/aromatic N) is 2. The molecule has 4 nitrogen and oxygen atoms in total. The number of hydrogen-bond donors (Lipinski definition) is 0. The van der Waals surface area contributed by atoms with E-state index in [1.165, 1.54) is 17.9 Å². The smallest absolute Gasteiger partial charge is 0.366 e. The molecular weight excluding hydrogens is 376 g/mol. The van der Waals surface area contributed by atoms with E-state index in [-0.39, 0.29) is 22.8 Å². The van der Waals surface area contributed by atoms with Crippen LogP contribution in [0, 0.1) is 5.82 Å². The van der Waals surface area contributed by atoms with Gasteiger partial charge in [-0.05, 0) is 49.4 Å². The Balaban J connectivity index is 1.65. The Hall–Kier alpha value is -2.90. The van der Waals surface area contributed by atoms with Crippen LogP contribution in [0.5, 0.6) is 0 Å². The summed E-state index contributed by atoms with van der Waals surface area (Å²) in [4.78, 5) is 27.1. The summed E-state index contributed by atoms with van der Waals surface area (Å²) in [5.74, 6) is -1.09. The molecule has 8 heteroatoms. The molecule has 0 bridgehead atoms. The van der Waals surface area contributed by atoms with Gasteiger partial charge in [-0.25, -0.2) is 4.39 Å². The summed E-state index contributed by atoms with van der Waals surface area (Å²) in [6.45, 7) is 2.74. The third-order valence-corrected chi connectivity index (χ3v) is 4.72. The number of benzene rings is 2. The van der Waals surface area contributed by atoms with E-state index < -0.39 is 17.6 Å². The van der Waals surface area contributed by atoms with Crippen molar-refractivity contribution in [3.05, 3.63) is 65.0 Å². The summed E-state index contributed by atoms with van der Waals surface area (Å²) >= 11 is 0. The summed E-state index contributed by atoms with van der Waals surface area (Å²) in [6, 6.07) is 8.39. The highest BCUT2D eigenvalue weighted by Crippen LogP contribution is 2.29. The molecule has 3 rings (SSSR count). The van der Waals surface area contributed by atoms with Crippen molar-refractivity contribution in [2.45, 2.75) is 13.1 Å². The minimum absolute atomic E-state index is 0.179. The summed E-state index contributed by atoms with van der Waals surface area (Å²) in [6.07, 6.45) is -4.45. The van der Waals surface area contributed by atoms with Gasteiger partial charge < -0.3 is 9.80 Å². The zero-order valence-electron chi connectivity index (χ0n) is 15.1. The van der Waals surface area contributed by atoms with Gasteiger partial charge in [0.1, 0.15) is 5.82 Å². The average molecular weight is 394 g/mol. The monoisotopic (exact) mass is 394 g/mol. The van der Waals surface area contributed by atoms with Crippen LogP contribution in [0.15, 0.2) is 42.5 Å². The Kier molecular flexibility index (Phi) is 5.40. The highest BCUT2D eigenvalue weighted by molar-refractivity contribution is 5.95. The minimum atomic E-state index is -4.45. The summed E-state index contributed by atoms with van der Waals surface area (Å²) < 4.78 is 52.2. The van der Waals surface area contributed by atoms with Crippen molar-refractivity contribution in [3.8, 4) is 0 Å². The van der Waals surface area contributed by atoms with Crippen molar-refractivity contribution in [1.82, 2.24) is 4.90 Å². The van der Waals surface area contributed by atoms with Crippen LogP contribution >= 0.6 is 0 Å². The number of Topliss-reactive ketones (excluding diaryl/α,β-unsaturated/α-hetero) is 1. The lowest BCUT2D eigenvalue weighted by molar-refractivity contribution is -0.137. The van der Waals surface area contributed by atoms with Crippen LogP contribution in [0.4, 0.5) is 23.2 Å². The van der Waals surface area contributed by atoms with E-state index in [0.29, 0.717) is 31.9 Å². The molecule has 0 saturated carbocycles. The topological polar surface area (TPSA) is 40.6 Å². The van der Waals surface area contributed by atoms with Gasteiger partial charge in [-0.1, -0.05) is 0 Å². The number of piperazine rings is 1. The van der Waals surface area contributed by atoms with Crippen LogP contribution in [0.1, 0.15) is 33.2 Å². The molecule has 1 aliphatic rings. The normalized spacial score (nSPS) is 14.9. The fourth-order valence-corrected chi connectivity index (χ4v) is 3.12. The Morgan fingerprint density at radius 1 is 0.893 bits per heavy atom. The van der Waals surface area contributed by atoms with E-state index >= 15 is 0 Å². The second-order valence-corrected chi connectivity index (χ2v) is 6.58. The van der Waals surface area contributed by atoms with E-state index in [9.17, 15) is 27.2 Å². The van der Waals surface area contributed by atoms with Gasteiger partial charge >= 0.3 is 6.18 Å². The van der Waals surface area contributed by atoms with Crippen molar-refractivity contribution in [2.24, 2.45) is 0 Å². The Labute approximate surface area is 159 Å². The maximum absolute atomic E-state index is 14.3. The molecule has 1 heterocycles. The van der Waals surface area contributed by atoms with Gasteiger partial charge in [0, 0.05) is 37.3 Å². The van der Waals surface area contributed by atoms with Crippen LogP contribution in [0.2, 0.25) is 0 Å². The molecule has 1 aliphatic heterocycles. The van der Waals surface area contributed by atoms with Crippen LogP contribution in [0.25, 0.3) is 0 Å². The number of carbonyl (C=O) groups excluding carboxylic acids is 2. The van der Waals surface area contributed by atoms with Gasteiger partial charge in [0.25, 0.3) is 5.91 Å². The summed E-state index contributed by atoms with van der Waals surface area (Å²) in [5, 5.41) is 0. The molecule has 148 valence electrons. The number of halogens is 4. The van der Waals surface area contributed by atoms with Crippen LogP contribution < -0.4 is 4.90 Å². The van der Waals surface area contributed by atoms with E-state index in [1.54, 1.807) is 17.0 Å². The van der Waals surface area contributed by atoms with Crippen LogP contribution in [0.3, 0.4) is 0 Å². The van der Waals surface area contributed by atoms with Gasteiger partial charge in [-0.2, -0.15) is 13.2 Å². The van der Waals surface area contributed by atoms with E-state index in [4.69, 9.17) is 0 Å². The molecule has 0 radical (unpaired) electrons. The average Bonchev–Trinajstić information content (AvgIpc) is 2.67. The van der Waals surface area contributed by atoms with E-state index in [1.807, 2.05) is 0 Å². The molecule has 0 unspecified atom stereocenters. The molecule has 1 amide bonds. The quantitative estimate of drug-likeness (QED) is 0.584. The van der Waals surface area contributed by atoms with Gasteiger partial charge in [0.2, 0.25) is 0 Å². The second kappa shape index (κ2) is 7.61. The lowest BCUT2D eigenvalue weighted by atomic mass is 10.1. The first kappa shape index (κ1) is 19.9. The van der Waals surface area contributed by atoms with Gasteiger partial charge in [-0.3, -0.25) is 9.59 Å². The van der Waals surface area contributed by atoms with E-state index in [2.05, 4.69) is 0 Å². The van der Waals surface area contributed by atoms with Crippen LogP contribution in [-0.4, -0.2) is 42.8 Å². The van der Waals surface area contributed by atoms with E-state index in [0.717, 1.165) is 24.3 Å². The predicted molar refractivity (Wildman–Crippen MR) is 96.0 cm³/mol. The number of anilines is 1. The second-order valence-electron chi connectivity index (χ2n) is 6.58. The largest absolute Gasteiger partial charge is 0.416 e. The lowest BCUT2D eigenvalue weighted by Crippen LogP contribution is -2.49. The molecule has 2 aromatic carbocycles. The molecule has 0 aliphatic carbocycles. The fourth-order valence-electron chi connectivity index (χ4n) is 3.12. The summed E-state index contributed by atoms with van der Waals surface area (Å²) in [5.41, 5.74) is 0.0146. The lowest BCUT2D eigenvalue weighted by Gasteiger charge is -2.36. The third kappa shape index (κ3) is 4.16. The first-order valence-electron chi connectivity index (χ1n) is 8.69. The molecular formula is C20H18F4N2O2. The predicted octanol–water partition coefficient (Wildman–Crippen LogP) is 4.01. The van der Waals surface area contributed by atoms with Crippen molar-refractivity contribution in [2.75, 3.05) is 31.1 Å². The minimum Gasteiger partial charge on any atom is -0.366 e. The molecule has 0 N–H and O–H groups in total. The Morgan fingerprint density at radius 3 is 1.96 bits per heavy atom.